The summed E-state index contributed by atoms with van der Waals surface area (Å²) in [5, 5.41) is 10.6. The van der Waals surface area contributed by atoms with Crippen LogP contribution in [0.25, 0.3) is 22.4 Å². The Hall–Kier alpha value is -2.66. The zero-order valence-corrected chi connectivity index (χ0v) is 13.1. The third kappa shape index (κ3) is 3.40. The van der Waals surface area contributed by atoms with Gasteiger partial charge in [0.15, 0.2) is 0 Å². The number of hydrogen-bond donors (Lipinski definition) is 1. The van der Waals surface area contributed by atoms with E-state index >= 15 is 0 Å². The van der Waals surface area contributed by atoms with E-state index in [9.17, 15) is 9.59 Å². The van der Waals surface area contributed by atoms with Crippen molar-refractivity contribution in [2.24, 2.45) is 0 Å². The highest BCUT2D eigenvalue weighted by Crippen LogP contribution is 2.25. The molecule has 0 spiro atoms. The van der Waals surface area contributed by atoms with Gasteiger partial charge >= 0.3 is 10.8 Å². The van der Waals surface area contributed by atoms with Crippen LogP contribution in [-0.2, 0) is 11.3 Å². The second kappa shape index (κ2) is 6.62. The first kappa shape index (κ1) is 15.2. The molecule has 0 amide bonds. The van der Waals surface area contributed by atoms with E-state index in [-0.39, 0.29) is 17.8 Å². The Morgan fingerprint density at radius 3 is 2.22 bits per heavy atom. The molecule has 1 N–H and O–H groups in total. The van der Waals surface area contributed by atoms with Gasteiger partial charge in [0, 0.05) is 11.9 Å². The van der Waals surface area contributed by atoms with Crippen molar-refractivity contribution in [3.05, 3.63) is 69.6 Å². The summed E-state index contributed by atoms with van der Waals surface area (Å²) >= 11 is 1.09. The molecule has 0 unspecified atom stereocenters. The Morgan fingerprint density at radius 1 is 0.957 bits per heavy atom. The van der Waals surface area contributed by atoms with Crippen molar-refractivity contribution in [2.45, 2.75) is 13.0 Å². The molecule has 5 heteroatoms. The number of hydrogen-bond acceptors (Lipinski definition) is 3. The Balaban J connectivity index is 1.91. The zero-order chi connectivity index (χ0) is 16.2. The normalized spacial score (nSPS) is 10.6. The highest BCUT2D eigenvalue weighted by Gasteiger charge is 2.10. The summed E-state index contributed by atoms with van der Waals surface area (Å²) in [5.74, 6) is -0.909. The molecule has 4 nitrogen and oxygen atoms in total. The fourth-order valence-corrected chi connectivity index (χ4v) is 3.23. The number of aliphatic carboxylic acids is 1. The Labute approximate surface area is 137 Å². The number of rotatable bonds is 5. The summed E-state index contributed by atoms with van der Waals surface area (Å²) in [7, 11) is 0. The van der Waals surface area contributed by atoms with Crippen LogP contribution in [0, 0.1) is 0 Å². The van der Waals surface area contributed by atoms with Crippen LogP contribution in [0.4, 0.5) is 0 Å². The fourth-order valence-electron chi connectivity index (χ4n) is 2.44. The van der Waals surface area contributed by atoms with Crippen LogP contribution in [0.3, 0.4) is 0 Å². The van der Waals surface area contributed by atoms with E-state index < -0.39 is 5.97 Å². The molecule has 0 atom stereocenters. The summed E-state index contributed by atoms with van der Waals surface area (Å²) in [6.45, 7) is 0.188. The van der Waals surface area contributed by atoms with Gasteiger partial charge in [-0.1, -0.05) is 65.9 Å². The van der Waals surface area contributed by atoms with Gasteiger partial charge < -0.3 is 5.11 Å². The van der Waals surface area contributed by atoms with E-state index in [0.717, 1.165) is 33.7 Å². The molecule has 0 saturated heterocycles. The van der Waals surface area contributed by atoms with Crippen molar-refractivity contribution >= 4 is 17.3 Å². The maximum Gasteiger partial charge on any atom is 0.307 e. The van der Waals surface area contributed by atoms with Crippen LogP contribution >= 0.6 is 11.3 Å². The van der Waals surface area contributed by atoms with Crippen molar-refractivity contribution < 1.29 is 9.90 Å². The lowest BCUT2D eigenvalue weighted by atomic mass is 10.0. The van der Waals surface area contributed by atoms with Crippen LogP contribution in [0.15, 0.2) is 64.8 Å². The summed E-state index contributed by atoms with van der Waals surface area (Å²) in [6.07, 6.45) is -0.0638. The SMILES string of the molecule is O=C(O)CCn1c(-c2ccc(-c3ccccc3)cc2)csc1=O. The number of thiazole rings is 1. The predicted molar refractivity (Wildman–Crippen MR) is 91.7 cm³/mol. The van der Waals surface area contributed by atoms with Gasteiger partial charge in [-0.2, -0.15) is 0 Å². The molecule has 23 heavy (non-hydrogen) atoms. The third-order valence-electron chi connectivity index (χ3n) is 3.62. The molecule has 3 aromatic rings. The zero-order valence-electron chi connectivity index (χ0n) is 12.3. The number of carbonyl (C=O) groups is 1. The lowest BCUT2D eigenvalue weighted by Gasteiger charge is -2.08. The molecular formula is C18H15NO3S. The van der Waals surface area contributed by atoms with Gasteiger partial charge in [0.1, 0.15) is 0 Å². The second-order valence-electron chi connectivity index (χ2n) is 5.13. The second-order valence-corrected chi connectivity index (χ2v) is 5.95. The first-order valence-corrected chi connectivity index (χ1v) is 8.09. The number of carboxylic acids is 1. The van der Waals surface area contributed by atoms with E-state index in [1.165, 1.54) is 4.57 Å². The molecule has 1 heterocycles. The molecule has 0 radical (unpaired) electrons. The predicted octanol–water partition coefficient (Wildman–Crippen LogP) is 3.72. The third-order valence-corrected chi connectivity index (χ3v) is 4.38. The number of nitrogens with zero attached hydrogens (tertiary/aromatic N) is 1. The Kier molecular flexibility index (Phi) is 4.39. The van der Waals surface area contributed by atoms with E-state index in [1.807, 2.05) is 54.6 Å². The van der Waals surface area contributed by atoms with Crippen molar-refractivity contribution in [3.8, 4) is 22.4 Å². The maximum absolute atomic E-state index is 11.9. The molecule has 0 fully saturated rings. The van der Waals surface area contributed by atoms with E-state index in [0.29, 0.717) is 0 Å². The van der Waals surface area contributed by atoms with Crippen molar-refractivity contribution in [1.29, 1.82) is 0 Å². The van der Waals surface area contributed by atoms with Gasteiger partial charge in [0.25, 0.3) is 0 Å². The smallest absolute Gasteiger partial charge is 0.307 e. The standard InChI is InChI=1S/C18H15NO3S/c20-17(21)10-11-19-16(12-23-18(19)22)15-8-6-14(7-9-15)13-4-2-1-3-5-13/h1-9,12H,10-11H2,(H,20,21). The lowest BCUT2D eigenvalue weighted by molar-refractivity contribution is -0.137. The molecular weight excluding hydrogens is 310 g/mol. The van der Waals surface area contributed by atoms with Gasteiger partial charge in [-0.15, -0.1) is 0 Å². The lowest BCUT2D eigenvalue weighted by Crippen LogP contribution is -2.16. The van der Waals surface area contributed by atoms with Crippen molar-refractivity contribution in [1.82, 2.24) is 4.57 Å². The van der Waals surface area contributed by atoms with Gasteiger partial charge in [-0.05, 0) is 16.7 Å². The summed E-state index contributed by atoms with van der Waals surface area (Å²) in [5.41, 5.74) is 3.91. The Morgan fingerprint density at radius 2 is 1.57 bits per heavy atom. The minimum Gasteiger partial charge on any atom is -0.481 e. The molecule has 0 saturated carbocycles. The van der Waals surface area contributed by atoms with Gasteiger partial charge in [0.2, 0.25) is 0 Å². The molecule has 0 aliphatic carbocycles. The molecule has 0 bridgehead atoms. The van der Waals surface area contributed by atoms with Crippen LogP contribution in [0.2, 0.25) is 0 Å². The topological polar surface area (TPSA) is 59.3 Å². The van der Waals surface area contributed by atoms with Crippen molar-refractivity contribution in [3.63, 3.8) is 0 Å². The van der Waals surface area contributed by atoms with Gasteiger partial charge in [0.05, 0.1) is 12.1 Å². The largest absolute Gasteiger partial charge is 0.481 e. The van der Waals surface area contributed by atoms with Crippen molar-refractivity contribution in [2.75, 3.05) is 0 Å². The summed E-state index contributed by atoms with van der Waals surface area (Å²) in [4.78, 5) is 22.5. The maximum atomic E-state index is 11.9. The molecule has 0 aliphatic heterocycles. The van der Waals surface area contributed by atoms with Gasteiger partial charge in [-0.3, -0.25) is 14.2 Å². The highest BCUT2D eigenvalue weighted by atomic mass is 32.1. The van der Waals surface area contributed by atoms with E-state index in [1.54, 1.807) is 5.38 Å². The summed E-state index contributed by atoms with van der Waals surface area (Å²) < 4.78 is 1.52. The number of benzene rings is 2. The van der Waals surface area contributed by atoms with Crippen LogP contribution in [0.1, 0.15) is 6.42 Å². The Bertz CT molecular complexity index is 863. The van der Waals surface area contributed by atoms with Crippen LogP contribution in [0.5, 0.6) is 0 Å². The minimum absolute atomic E-state index is 0.0638. The first-order valence-electron chi connectivity index (χ1n) is 7.21. The van der Waals surface area contributed by atoms with Gasteiger partial charge in [-0.25, -0.2) is 0 Å². The first-order chi connectivity index (χ1) is 11.1. The number of carboxylic acid groups (broad SMARTS) is 1. The molecule has 116 valence electrons. The minimum atomic E-state index is -0.909. The fraction of sp³-hybridized carbons (Fsp3) is 0.111. The molecule has 2 aromatic carbocycles. The average Bonchev–Trinajstić information content (AvgIpc) is 2.94. The molecule has 3 rings (SSSR count). The average molecular weight is 325 g/mol. The molecule has 1 aromatic heterocycles. The molecule has 0 aliphatic rings. The van der Waals surface area contributed by atoms with Crippen LogP contribution in [-0.4, -0.2) is 15.6 Å². The van der Waals surface area contributed by atoms with E-state index in [2.05, 4.69) is 0 Å². The number of aromatic nitrogens is 1. The quantitative estimate of drug-likeness (QED) is 0.778. The van der Waals surface area contributed by atoms with E-state index in [4.69, 9.17) is 5.11 Å². The monoisotopic (exact) mass is 325 g/mol. The highest BCUT2D eigenvalue weighted by molar-refractivity contribution is 7.07. The van der Waals surface area contributed by atoms with Crippen LogP contribution < -0.4 is 4.87 Å². The summed E-state index contributed by atoms with van der Waals surface area (Å²) in [6, 6.07) is 18.0.